The van der Waals surface area contributed by atoms with Crippen molar-refractivity contribution >= 4 is 29.1 Å². The van der Waals surface area contributed by atoms with Gasteiger partial charge in [-0.15, -0.1) is 0 Å². The molecule has 2 aromatic rings. The highest BCUT2D eigenvalue weighted by Crippen LogP contribution is 2.22. The second-order valence-corrected chi connectivity index (χ2v) is 6.62. The number of hydrogen-bond acceptors (Lipinski definition) is 4. The molecule has 2 aromatic carbocycles. The van der Waals surface area contributed by atoms with Gasteiger partial charge in [-0.2, -0.15) is 0 Å². The third kappa shape index (κ3) is 5.17. The van der Waals surface area contributed by atoms with Crippen LogP contribution in [0, 0.1) is 0 Å². The number of amides is 3. The van der Waals surface area contributed by atoms with Crippen LogP contribution in [0.15, 0.2) is 54.6 Å². The molecule has 3 N–H and O–H groups in total. The Kier molecular flexibility index (Phi) is 7.28. The van der Waals surface area contributed by atoms with Crippen LogP contribution < -0.4 is 20.9 Å². The van der Waals surface area contributed by atoms with Crippen LogP contribution in [0.3, 0.4) is 0 Å². The number of rotatable bonds is 7. The Hall–Kier alpha value is -3.19. The van der Waals surface area contributed by atoms with E-state index in [0.717, 1.165) is 0 Å². The van der Waals surface area contributed by atoms with E-state index >= 15 is 0 Å². The predicted molar refractivity (Wildman–Crippen MR) is 110 cm³/mol. The summed E-state index contributed by atoms with van der Waals surface area (Å²) >= 11 is 0. The predicted octanol–water partition coefficient (Wildman–Crippen LogP) is 1.78. The summed E-state index contributed by atoms with van der Waals surface area (Å²) in [6, 6.07) is 15.7. The van der Waals surface area contributed by atoms with Crippen molar-refractivity contribution in [1.82, 2.24) is 5.32 Å². The van der Waals surface area contributed by atoms with Crippen LogP contribution in [0.5, 0.6) is 0 Å². The summed E-state index contributed by atoms with van der Waals surface area (Å²) < 4.78 is 0. The van der Waals surface area contributed by atoms with Gasteiger partial charge in [-0.25, -0.2) is 0 Å². The van der Waals surface area contributed by atoms with Gasteiger partial charge in [0.1, 0.15) is 6.54 Å². The fourth-order valence-corrected chi connectivity index (χ4v) is 2.70. The van der Waals surface area contributed by atoms with Crippen LogP contribution in [0.25, 0.3) is 0 Å². The van der Waals surface area contributed by atoms with Crippen LogP contribution in [0.4, 0.5) is 11.4 Å². The normalized spacial score (nSPS) is 10.5. The Labute approximate surface area is 165 Å². The summed E-state index contributed by atoms with van der Waals surface area (Å²) in [7, 11) is 1.64. The fourth-order valence-electron chi connectivity index (χ4n) is 2.70. The van der Waals surface area contributed by atoms with E-state index in [1.807, 2.05) is 32.0 Å². The molecule has 0 aliphatic heterocycles. The van der Waals surface area contributed by atoms with Crippen molar-refractivity contribution in [3.63, 3.8) is 0 Å². The van der Waals surface area contributed by atoms with Gasteiger partial charge in [0.25, 0.3) is 5.91 Å². The highest BCUT2D eigenvalue weighted by Gasteiger charge is 2.25. The monoisotopic (exact) mass is 382 g/mol. The molecular weight excluding hydrogens is 356 g/mol. The summed E-state index contributed by atoms with van der Waals surface area (Å²) in [5, 5.41) is 2.81. The number of anilines is 2. The standard InChI is InChI=1S/C21H26N4O3/c1-15(2)23-21(28)17-11-7-8-12-18(17)25(19(26)13-22)14-20(27)24(3)16-9-5-4-6-10-16/h4-12,15H,13-14,22H2,1-3H3,(H,23,28). The molecule has 0 heterocycles. The Bertz CT molecular complexity index is 837. The van der Waals surface area contributed by atoms with E-state index in [9.17, 15) is 14.4 Å². The molecule has 0 aromatic heterocycles. The van der Waals surface area contributed by atoms with Gasteiger partial charge in [0, 0.05) is 18.8 Å². The van der Waals surface area contributed by atoms with E-state index in [1.165, 1.54) is 9.80 Å². The van der Waals surface area contributed by atoms with E-state index in [1.54, 1.807) is 43.4 Å². The van der Waals surface area contributed by atoms with Crippen molar-refractivity contribution in [2.24, 2.45) is 5.73 Å². The molecule has 0 saturated heterocycles. The maximum Gasteiger partial charge on any atom is 0.253 e. The summed E-state index contributed by atoms with van der Waals surface area (Å²) in [5.74, 6) is -1.06. The Morgan fingerprint density at radius 2 is 1.57 bits per heavy atom. The van der Waals surface area contributed by atoms with Crippen molar-refractivity contribution < 1.29 is 14.4 Å². The van der Waals surface area contributed by atoms with E-state index in [2.05, 4.69) is 5.32 Å². The molecule has 7 nitrogen and oxygen atoms in total. The van der Waals surface area contributed by atoms with Gasteiger partial charge < -0.3 is 20.9 Å². The third-order valence-corrected chi connectivity index (χ3v) is 4.15. The SMILES string of the molecule is CC(C)NC(=O)c1ccccc1N(CC(=O)N(C)c1ccccc1)C(=O)CN. The lowest BCUT2D eigenvalue weighted by atomic mass is 10.1. The Morgan fingerprint density at radius 1 is 0.964 bits per heavy atom. The number of para-hydroxylation sites is 2. The van der Waals surface area contributed by atoms with E-state index in [0.29, 0.717) is 16.9 Å². The molecule has 0 unspecified atom stereocenters. The molecule has 148 valence electrons. The van der Waals surface area contributed by atoms with Crippen molar-refractivity contribution in [3.8, 4) is 0 Å². The number of nitrogens with zero attached hydrogens (tertiary/aromatic N) is 2. The molecule has 3 amide bonds. The van der Waals surface area contributed by atoms with E-state index in [4.69, 9.17) is 5.73 Å². The minimum Gasteiger partial charge on any atom is -0.350 e. The first kappa shape index (κ1) is 21.1. The molecule has 7 heteroatoms. The van der Waals surface area contributed by atoms with E-state index in [-0.39, 0.29) is 30.9 Å². The van der Waals surface area contributed by atoms with Gasteiger partial charge in [0.2, 0.25) is 11.8 Å². The maximum atomic E-state index is 12.8. The minimum atomic E-state index is -0.445. The first-order valence-electron chi connectivity index (χ1n) is 9.07. The van der Waals surface area contributed by atoms with Gasteiger partial charge in [-0.05, 0) is 38.1 Å². The lowest BCUT2D eigenvalue weighted by Crippen LogP contribution is -2.45. The Balaban J connectivity index is 2.34. The Morgan fingerprint density at radius 3 is 2.18 bits per heavy atom. The fraction of sp³-hybridized carbons (Fsp3) is 0.286. The summed E-state index contributed by atoms with van der Waals surface area (Å²) in [6.07, 6.45) is 0. The molecule has 0 spiro atoms. The molecule has 0 bridgehead atoms. The number of hydrogen-bond donors (Lipinski definition) is 2. The van der Waals surface area contributed by atoms with Crippen LogP contribution in [0.2, 0.25) is 0 Å². The first-order chi connectivity index (χ1) is 13.3. The van der Waals surface area contributed by atoms with Gasteiger partial charge >= 0.3 is 0 Å². The van der Waals surface area contributed by atoms with Crippen molar-refractivity contribution in [3.05, 3.63) is 60.2 Å². The number of benzene rings is 2. The van der Waals surface area contributed by atoms with Gasteiger partial charge in [-0.3, -0.25) is 14.4 Å². The molecular formula is C21H26N4O3. The van der Waals surface area contributed by atoms with Crippen molar-refractivity contribution in [2.45, 2.75) is 19.9 Å². The molecule has 0 aliphatic rings. The maximum absolute atomic E-state index is 12.8. The smallest absolute Gasteiger partial charge is 0.253 e. The number of likely N-dealkylation sites (N-methyl/N-ethyl adjacent to an activating group) is 1. The molecule has 28 heavy (non-hydrogen) atoms. The number of carbonyl (C=O) groups excluding carboxylic acids is 3. The molecule has 0 atom stereocenters. The van der Waals surface area contributed by atoms with Crippen molar-refractivity contribution in [1.29, 1.82) is 0 Å². The number of nitrogens with two attached hydrogens (primary N) is 1. The molecule has 0 radical (unpaired) electrons. The lowest BCUT2D eigenvalue weighted by Gasteiger charge is -2.27. The van der Waals surface area contributed by atoms with Gasteiger partial charge in [0.05, 0.1) is 17.8 Å². The number of nitrogens with one attached hydrogen (secondary N) is 1. The molecule has 0 fully saturated rings. The van der Waals surface area contributed by atoms with Gasteiger partial charge in [0.15, 0.2) is 0 Å². The lowest BCUT2D eigenvalue weighted by molar-refractivity contribution is -0.121. The largest absolute Gasteiger partial charge is 0.350 e. The summed E-state index contributed by atoms with van der Waals surface area (Å²) in [6.45, 7) is 3.19. The second kappa shape index (κ2) is 9.66. The average Bonchev–Trinajstić information content (AvgIpc) is 2.70. The third-order valence-electron chi connectivity index (χ3n) is 4.15. The van der Waals surface area contributed by atoms with Crippen LogP contribution in [0.1, 0.15) is 24.2 Å². The molecule has 0 saturated carbocycles. The zero-order valence-electron chi connectivity index (χ0n) is 16.4. The zero-order valence-corrected chi connectivity index (χ0v) is 16.4. The number of carbonyl (C=O) groups is 3. The van der Waals surface area contributed by atoms with Crippen LogP contribution in [-0.4, -0.2) is 43.9 Å². The second-order valence-electron chi connectivity index (χ2n) is 6.62. The topological polar surface area (TPSA) is 95.7 Å². The highest BCUT2D eigenvalue weighted by molar-refractivity contribution is 6.08. The van der Waals surface area contributed by atoms with Gasteiger partial charge in [-0.1, -0.05) is 30.3 Å². The molecule has 0 aliphatic carbocycles. The van der Waals surface area contributed by atoms with Crippen LogP contribution in [-0.2, 0) is 9.59 Å². The average molecular weight is 382 g/mol. The minimum absolute atomic E-state index is 0.0648. The molecule has 2 rings (SSSR count). The first-order valence-corrected chi connectivity index (χ1v) is 9.07. The zero-order chi connectivity index (χ0) is 20.7. The van der Waals surface area contributed by atoms with E-state index < -0.39 is 5.91 Å². The summed E-state index contributed by atoms with van der Waals surface area (Å²) in [5.41, 5.74) is 6.94. The van der Waals surface area contributed by atoms with Crippen LogP contribution >= 0.6 is 0 Å². The highest BCUT2D eigenvalue weighted by atomic mass is 16.2. The quantitative estimate of drug-likeness (QED) is 0.763. The van der Waals surface area contributed by atoms with Crippen molar-refractivity contribution in [2.75, 3.05) is 29.9 Å². The summed E-state index contributed by atoms with van der Waals surface area (Å²) in [4.78, 5) is 40.6.